The van der Waals surface area contributed by atoms with Crippen LogP contribution in [0.1, 0.15) is 28.6 Å². The highest BCUT2D eigenvalue weighted by atomic mass is 19.1. The Balaban J connectivity index is 1.68. The Morgan fingerprint density at radius 1 is 1.08 bits per heavy atom. The van der Waals surface area contributed by atoms with E-state index in [4.69, 9.17) is 5.73 Å². The number of pyridine rings is 2. The number of nitrogens with zero attached hydrogens (tertiary/aromatic N) is 2. The van der Waals surface area contributed by atoms with Gasteiger partial charge in [-0.25, -0.2) is 8.78 Å². The third-order valence-corrected chi connectivity index (χ3v) is 4.49. The molecule has 2 heterocycles. The second kappa shape index (κ2) is 6.77. The van der Waals surface area contributed by atoms with E-state index < -0.39 is 17.7 Å². The zero-order valence-electron chi connectivity index (χ0n) is 14.0. The van der Waals surface area contributed by atoms with Crippen molar-refractivity contribution in [1.29, 1.82) is 0 Å². The molecule has 5 heteroatoms. The third-order valence-electron chi connectivity index (χ3n) is 4.49. The van der Waals surface area contributed by atoms with Gasteiger partial charge in [-0.15, -0.1) is 0 Å². The Kier molecular flexibility index (Phi) is 4.31. The van der Waals surface area contributed by atoms with Gasteiger partial charge in [-0.3, -0.25) is 9.97 Å². The summed E-state index contributed by atoms with van der Waals surface area (Å²) in [6, 6.07) is 8.82. The molecule has 1 aliphatic rings. The van der Waals surface area contributed by atoms with Gasteiger partial charge in [-0.2, -0.15) is 0 Å². The molecule has 0 bridgehead atoms. The third kappa shape index (κ3) is 3.26. The second-order valence-electron chi connectivity index (χ2n) is 6.39. The first-order chi connectivity index (χ1) is 12.6. The maximum atomic E-state index is 13.4. The number of hydrogen-bond donors (Lipinski definition) is 1. The van der Waals surface area contributed by atoms with Crippen molar-refractivity contribution >= 4 is 6.08 Å². The van der Waals surface area contributed by atoms with E-state index in [1.54, 1.807) is 6.20 Å². The van der Waals surface area contributed by atoms with Crippen LogP contribution in [0.4, 0.5) is 8.78 Å². The zero-order chi connectivity index (χ0) is 18.1. The van der Waals surface area contributed by atoms with Gasteiger partial charge in [0.1, 0.15) is 11.6 Å². The van der Waals surface area contributed by atoms with Crippen molar-refractivity contribution in [2.24, 2.45) is 5.73 Å². The predicted molar refractivity (Wildman–Crippen MR) is 97.2 cm³/mol. The molecule has 2 N–H and O–H groups in total. The minimum atomic E-state index is -0.608. The highest BCUT2D eigenvalue weighted by molar-refractivity contribution is 5.71. The van der Waals surface area contributed by atoms with Crippen LogP contribution in [-0.4, -0.2) is 9.97 Å². The molecule has 0 spiro atoms. The fourth-order valence-electron chi connectivity index (χ4n) is 3.31. The summed E-state index contributed by atoms with van der Waals surface area (Å²) >= 11 is 0. The largest absolute Gasteiger partial charge is 0.322 e. The molecule has 4 rings (SSSR count). The number of nitrogens with two attached hydrogens (primary N) is 1. The minimum absolute atomic E-state index is 0.289. The molecule has 3 nitrogen and oxygen atoms in total. The number of allylic oxidation sites excluding steroid dienone is 1. The molecular formula is C21H17F2N3. The molecule has 26 heavy (non-hydrogen) atoms. The van der Waals surface area contributed by atoms with Crippen LogP contribution in [0.15, 0.2) is 54.9 Å². The molecule has 0 fully saturated rings. The van der Waals surface area contributed by atoms with E-state index in [0.29, 0.717) is 11.3 Å². The monoisotopic (exact) mass is 349 g/mol. The molecule has 0 unspecified atom stereocenters. The summed E-state index contributed by atoms with van der Waals surface area (Å²) in [5.41, 5.74) is 11.5. The van der Waals surface area contributed by atoms with Gasteiger partial charge in [0.25, 0.3) is 0 Å². The first-order valence-corrected chi connectivity index (χ1v) is 8.41. The van der Waals surface area contributed by atoms with E-state index in [1.807, 2.05) is 18.3 Å². The van der Waals surface area contributed by atoms with Crippen LogP contribution >= 0.6 is 0 Å². The summed E-state index contributed by atoms with van der Waals surface area (Å²) in [7, 11) is 0. The molecule has 0 saturated carbocycles. The Hall–Kier alpha value is -2.92. The van der Waals surface area contributed by atoms with Crippen LogP contribution in [0.5, 0.6) is 0 Å². The molecule has 0 amide bonds. The summed E-state index contributed by atoms with van der Waals surface area (Å²) in [5, 5.41) is 0. The lowest BCUT2D eigenvalue weighted by Crippen LogP contribution is -2.16. The number of fused-ring (bicyclic) bond motifs is 1. The Morgan fingerprint density at radius 3 is 2.69 bits per heavy atom. The first kappa shape index (κ1) is 16.5. The average molecular weight is 349 g/mol. The van der Waals surface area contributed by atoms with Crippen molar-refractivity contribution in [3.05, 3.63) is 89.0 Å². The highest BCUT2D eigenvalue weighted by Gasteiger charge is 2.17. The molecule has 2 aromatic heterocycles. The Bertz CT molecular complexity index is 978. The summed E-state index contributed by atoms with van der Waals surface area (Å²) in [6.45, 7) is 0. The van der Waals surface area contributed by atoms with E-state index in [-0.39, 0.29) is 6.42 Å². The highest BCUT2D eigenvalue weighted by Crippen LogP contribution is 2.30. The normalized spacial score (nSPS) is 13.7. The molecule has 0 aliphatic heterocycles. The number of aromatic nitrogens is 2. The van der Waals surface area contributed by atoms with E-state index >= 15 is 0 Å². The number of rotatable bonds is 4. The van der Waals surface area contributed by atoms with E-state index in [0.717, 1.165) is 34.9 Å². The quantitative estimate of drug-likeness (QED) is 0.767. The van der Waals surface area contributed by atoms with Gasteiger partial charge in [0.05, 0.1) is 17.4 Å². The minimum Gasteiger partial charge on any atom is -0.322 e. The maximum absolute atomic E-state index is 13.4. The molecule has 130 valence electrons. The molecule has 3 aromatic rings. The van der Waals surface area contributed by atoms with Crippen LogP contribution in [0.3, 0.4) is 0 Å². The van der Waals surface area contributed by atoms with Crippen molar-refractivity contribution < 1.29 is 8.78 Å². The molecular weight excluding hydrogens is 332 g/mol. The van der Waals surface area contributed by atoms with Crippen LogP contribution in [0.25, 0.3) is 17.2 Å². The Labute approximate surface area is 150 Å². The van der Waals surface area contributed by atoms with Crippen LogP contribution < -0.4 is 5.73 Å². The number of halogens is 2. The maximum Gasteiger partial charge on any atom is 0.126 e. The van der Waals surface area contributed by atoms with Gasteiger partial charge >= 0.3 is 0 Å². The van der Waals surface area contributed by atoms with Gasteiger partial charge in [0, 0.05) is 36.0 Å². The van der Waals surface area contributed by atoms with Crippen LogP contribution in [0, 0.1) is 11.6 Å². The lowest BCUT2D eigenvalue weighted by atomic mass is 9.96. The molecule has 0 saturated heterocycles. The number of benzene rings is 1. The SMILES string of the molecule is N[C@@H](Cc1cc(F)cc(F)c1)c1ncccc1-c1cnc2c(c1)C=CC2. The standard InChI is InChI=1S/C21H17F2N3/c22-16-7-13(8-17(23)11-16)9-19(24)21-18(4-2-6-25-21)15-10-14-3-1-5-20(14)26-12-15/h1-4,6-8,10-12,19H,5,9,24H2/t19-/m0/s1. The summed E-state index contributed by atoms with van der Waals surface area (Å²) in [4.78, 5) is 8.94. The topological polar surface area (TPSA) is 51.8 Å². The van der Waals surface area contributed by atoms with E-state index in [1.165, 1.54) is 12.1 Å². The fourth-order valence-corrected chi connectivity index (χ4v) is 3.31. The lowest BCUT2D eigenvalue weighted by Gasteiger charge is -2.16. The van der Waals surface area contributed by atoms with Crippen LogP contribution in [-0.2, 0) is 12.8 Å². The zero-order valence-corrected chi connectivity index (χ0v) is 14.0. The predicted octanol–water partition coefficient (Wildman–Crippen LogP) is 4.23. The van der Waals surface area contributed by atoms with E-state index in [9.17, 15) is 8.78 Å². The van der Waals surface area contributed by atoms with Gasteiger partial charge < -0.3 is 5.73 Å². The molecule has 1 atom stereocenters. The van der Waals surface area contributed by atoms with Gasteiger partial charge in [-0.1, -0.05) is 18.2 Å². The first-order valence-electron chi connectivity index (χ1n) is 8.41. The van der Waals surface area contributed by atoms with E-state index in [2.05, 4.69) is 28.2 Å². The van der Waals surface area contributed by atoms with Crippen molar-refractivity contribution in [3.63, 3.8) is 0 Å². The lowest BCUT2D eigenvalue weighted by molar-refractivity contribution is 0.576. The summed E-state index contributed by atoms with van der Waals surface area (Å²) in [6.07, 6.45) is 8.76. The molecule has 0 radical (unpaired) electrons. The molecule has 1 aliphatic carbocycles. The summed E-state index contributed by atoms with van der Waals surface area (Å²) in [5.74, 6) is -1.22. The van der Waals surface area contributed by atoms with Gasteiger partial charge in [0.2, 0.25) is 0 Å². The van der Waals surface area contributed by atoms with Gasteiger partial charge in [0.15, 0.2) is 0 Å². The fraction of sp³-hybridized carbons (Fsp3) is 0.143. The second-order valence-corrected chi connectivity index (χ2v) is 6.39. The Morgan fingerprint density at radius 2 is 1.88 bits per heavy atom. The van der Waals surface area contributed by atoms with Crippen molar-refractivity contribution in [2.45, 2.75) is 18.9 Å². The number of hydrogen-bond acceptors (Lipinski definition) is 3. The molecule has 1 aromatic carbocycles. The average Bonchev–Trinajstić information content (AvgIpc) is 3.08. The van der Waals surface area contributed by atoms with Crippen molar-refractivity contribution in [3.8, 4) is 11.1 Å². The van der Waals surface area contributed by atoms with Crippen molar-refractivity contribution in [1.82, 2.24) is 9.97 Å². The van der Waals surface area contributed by atoms with Crippen LogP contribution in [0.2, 0.25) is 0 Å². The van der Waals surface area contributed by atoms with Crippen molar-refractivity contribution in [2.75, 3.05) is 0 Å². The van der Waals surface area contributed by atoms with Gasteiger partial charge in [-0.05, 0) is 41.8 Å². The summed E-state index contributed by atoms with van der Waals surface area (Å²) < 4.78 is 26.9. The smallest absolute Gasteiger partial charge is 0.126 e.